The van der Waals surface area contributed by atoms with Gasteiger partial charge in [-0.15, -0.1) is 0 Å². The molecule has 1 aromatic heterocycles. The lowest BCUT2D eigenvalue weighted by Crippen LogP contribution is -2.37. The molecule has 0 saturated carbocycles. The minimum Gasteiger partial charge on any atom is -0.208 e. The van der Waals surface area contributed by atoms with Crippen LogP contribution in [0.3, 0.4) is 0 Å². The maximum atomic E-state index is 5.16. The van der Waals surface area contributed by atoms with E-state index in [1.807, 2.05) is 12.1 Å². The third kappa shape index (κ3) is 7.16. The summed E-state index contributed by atoms with van der Waals surface area (Å²) in [6.45, 7) is 7.16. The van der Waals surface area contributed by atoms with Gasteiger partial charge >= 0.3 is 0 Å². The highest BCUT2D eigenvalue weighted by molar-refractivity contribution is 6.88. The molecule has 0 saturated heterocycles. The van der Waals surface area contributed by atoms with Crippen LogP contribution >= 0.6 is 0 Å². The molecule has 0 unspecified atom stereocenters. The van der Waals surface area contributed by atoms with Crippen LogP contribution in [0.4, 0.5) is 0 Å². The average Bonchev–Trinajstić information content (AvgIpc) is 3.21. The Labute approximate surface area is 307 Å². The van der Waals surface area contributed by atoms with Crippen LogP contribution in [0, 0.1) is 0 Å². The summed E-state index contributed by atoms with van der Waals surface area (Å²) >= 11 is 0. The van der Waals surface area contributed by atoms with Crippen LogP contribution in [0.5, 0.6) is 0 Å². The summed E-state index contributed by atoms with van der Waals surface area (Å²) in [5, 5.41) is 1.44. The Morgan fingerprint density at radius 3 is 0.904 bits per heavy atom. The fourth-order valence-corrected chi connectivity index (χ4v) is 7.77. The topological polar surface area (TPSA) is 38.7 Å². The quantitative estimate of drug-likeness (QED) is 0.149. The predicted octanol–water partition coefficient (Wildman–Crippen LogP) is 12.1. The highest BCUT2D eigenvalue weighted by Gasteiger charge is 2.18. The molecule has 3 nitrogen and oxygen atoms in total. The van der Waals surface area contributed by atoms with Crippen molar-refractivity contribution in [3.05, 3.63) is 182 Å². The van der Waals surface area contributed by atoms with Gasteiger partial charge in [-0.2, -0.15) is 0 Å². The van der Waals surface area contributed by atoms with Gasteiger partial charge in [0.2, 0.25) is 0 Å². The number of hydrogen-bond acceptors (Lipinski definition) is 3. The molecule has 0 N–H and O–H groups in total. The summed E-state index contributed by atoms with van der Waals surface area (Å²) in [4.78, 5) is 15.4. The Morgan fingerprint density at radius 1 is 0.269 bits per heavy atom. The molecular weight excluding hydrogens is 647 g/mol. The zero-order valence-corrected chi connectivity index (χ0v) is 30.7. The number of nitrogens with zero attached hydrogens (tertiary/aromatic N) is 3. The molecule has 0 aliphatic carbocycles. The van der Waals surface area contributed by atoms with Gasteiger partial charge in [-0.05, 0) is 68.8 Å². The van der Waals surface area contributed by atoms with Crippen LogP contribution in [0.1, 0.15) is 0 Å². The zero-order chi connectivity index (χ0) is 35.5. The maximum absolute atomic E-state index is 5.16. The standard InChI is InChI=1S/C48H39N3Si/c1-52(2,3)45-28-14-24-41(33-45)40-23-13-27-44(32-40)48-50-46(42-25-11-20-37(30-42)35-17-8-5-9-18-35)49-47(51-48)43-26-12-22-39(31-43)38-21-10-19-36(29-38)34-15-6-4-7-16-34/h4-33H,1-3H3. The lowest BCUT2D eigenvalue weighted by Gasteiger charge is -2.17. The van der Waals surface area contributed by atoms with Crippen molar-refractivity contribution in [1.29, 1.82) is 0 Å². The molecule has 0 atom stereocenters. The Morgan fingerprint density at radius 2 is 0.538 bits per heavy atom. The van der Waals surface area contributed by atoms with Gasteiger partial charge in [0.15, 0.2) is 17.5 Å². The SMILES string of the molecule is C[Si](C)(C)c1cccc(-c2cccc(-c3nc(-c4cccc(-c5ccccc5)c4)nc(-c4cccc(-c5cccc(-c6ccccc6)c5)c4)n3)c2)c1. The van der Waals surface area contributed by atoms with E-state index in [0.29, 0.717) is 17.5 Å². The highest BCUT2D eigenvalue weighted by Crippen LogP contribution is 2.32. The summed E-state index contributed by atoms with van der Waals surface area (Å²) in [6, 6.07) is 64.2. The second-order valence-electron chi connectivity index (χ2n) is 14.2. The van der Waals surface area contributed by atoms with E-state index in [-0.39, 0.29) is 0 Å². The van der Waals surface area contributed by atoms with E-state index in [1.54, 1.807) is 0 Å². The van der Waals surface area contributed by atoms with Gasteiger partial charge < -0.3 is 0 Å². The van der Waals surface area contributed by atoms with Crippen LogP contribution < -0.4 is 5.19 Å². The molecule has 250 valence electrons. The van der Waals surface area contributed by atoms with Crippen molar-refractivity contribution in [3.8, 4) is 78.7 Å². The highest BCUT2D eigenvalue weighted by atomic mass is 28.3. The van der Waals surface area contributed by atoms with E-state index in [9.17, 15) is 0 Å². The van der Waals surface area contributed by atoms with Crippen molar-refractivity contribution >= 4 is 13.3 Å². The molecule has 1 heterocycles. The van der Waals surface area contributed by atoms with E-state index in [4.69, 9.17) is 15.0 Å². The molecule has 0 aliphatic rings. The summed E-state index contributed by atoms with van der Waals surface area (Å²) < 4.78 is 0. The zero-order valence-electron chi connectivity index (χ0n) is 29.7. The van der Waals surface area contributed by atoms with Gasteiger partial charge in [-0.25, -0.2) is 15.0 Å². The molecule has 0 bridgehead atoms. The van der Waals surface area contributed by atoms with Crippen LogP contribution in [0.15, 0.2) is 182 Å². The molecule has 0 radical (unpaired) electrons. The van der Waals surface area contributed by atoms with Crippen molar-refractivity contribution in [2.45, 2.75) is 19.6 Å². The summed E-state index contributed by atoms with van der Waals surface area (Å²) in [5.74, 6) is 1.92. The van der Waals surface area contributed by atoms with Crippen molar-refractivity contribution in [3.63, 3.8) is 0 Å². The number of rotatable bonds is 8. The molecule has 0 fully saturated rings. The monoisotopic (exact) mass is 685 g/mol. The van der Waals surface area contributed by atoms with Gasteiger partial charge in [0.25, 0.3) is 0 Å². The molecule has 4 heteroatoms. The molecule has 52 heavy (non-hydrogen) atoms. The third-order valence-electron chi connectivity index (χ3n) is 9.47. The molecule has 0 amide bonds. The van der Waals surface area contributed by atoms with E-state index >= 15 is 0 Å². The normalized spacial score (nSPS) is 11.4. The molecule has 8 aromatic rings. The lowest BCUT2D eigenvalue weighted by molar-refractivity contribution is 1.07. The Balaban J connectivity index is 1.25. The van der Waals surface area contributed by atoms with Crippen molar-refractivity contribution in [2.75, 3.05) is 0 Å². The minimum atomic E-state index is -1.48. The van der Waals surface area contributed by atoms with Gasteiger partial charge in [0, 0.05) is 16.7 Å². The van der Waals surface area contributed by atoms with E-state index in [1.165, 1.54) is 21.9 Å². The minimum absolute atomic E-state index is 0.636. The Bertz CT molecular complexity index is 2500. The van der Waals surface area contributed by atoms with E-state index in [2.05, 4.69) is 189 Å². The number of benzene rings is 7. The number of aromatic nitrogens is 3. The second-order valence-corrected chi connectivity index (χ2v) is 19.3. The molecule has 7 aromatic carbocycles. The lowest BCUT2D eigenvalue weighted by atomic mass is 9.98. The van der Waals surface area contributed by atoms with Crippen molar-refractivity contribution < 1.29 is 0 Å². The van der Waals surface area contributed by atoms with Crippen LogP contribution in [0.2, 0.25) is 19.6 Å². The first kappa shape index (κ1) is 32.9. The fourth-order valence-electron chi connectivity index (χ4n) is 6.58. The van der Waals surface area contributed by atoms with E-state index < -0.39 is 8.07 Å². The Kier molecular flexibility index (Phi) is 8.98. The summed E-state index contributed by atoms with van der Waals surface area (Å²) in [5.41, 5.74) is 12.1. The third-order valence-corrected chi connectivity index (χ3v) is 11.5. The Hall–Kier alpha value is -6.23. The molecule has 0 spiro atoms. The average molecular weight is 686 g/mol. The van der Waals surface area contributed by atoms with Crippen LogP contribution in [-0.2, 0) is 0 Å². The summed E-state index contributed by atoms with van der Waals surface area (Å²) in [7, 11) is -1.48. The predicted molar refractivity (Wildman–Crippen MR) is 221 cm³/mol. The first-order valence-electron chi connectivity index (χ1n) is 17.8. The first-order valence-corrected chi connectivity index (χ1v) is 21.3. The molecular formula is C48H39N3Si. The summed E-state index contributed by atoms with van der Waals surface area (Å²) in [6.07, 6.45) is 0. The van der Waals surface area contributed by atoms with Gasteiger partial charge in [0.1, 0.15) is 0 Å². The number of hydrogen-bond donors (Lipinski definition) is 0. The van der Waals surface area contributed by atoms with Crippen molar-refractivity contribution in [1.82, 2.24) is 15.0 Å². The van der Waals surface area contributed by atoms with Gasteiger partial charge in [0.05, 0.1) is 8.07 Å². The van der Waals surface area contributed by atoms with Crippen molar-refractivity contribution in [2.24, 2.45) is 0 Å². The first-order chi connectivity index (χ1) is 25.4. The van der Waals surface area contributed by atoms with Gasteiger partial charge in [-0.3, -0.25) is 0 Å². The van der Waals surface area contributed by atoms with Gasteiger partial charge in [-0.1, -0.05) is 183 Å². The molecule has 8 rings (SSSR count). The van der Waals surface area contributed by atoms with E-state index in [0.717, 1.165) is 44.5 Å². The fraction of sp³-hybridized carbons (Fsp3) is 0.0625. The molecule has 0 aliphatic heterocycles. The maximum Gasteiger partial charge on any atom is 0.164 e. The van der Waals surface area contributed by atoms with Crippen LogP contribution in [-0.4, -0.2) is 23.0 Å². The smallest absolute Gasteiger partial charge is 0.164 e. The van der Waals surface area contributed by atoms with Crippen LogP contribution in [0.25, 0.3) is 78.7 Å². The largest absolute Gasteiger partial charge is 0.208 e. The second kappa shape index (κ2) is 14.2.